The molecular weight excluding hydrogens is 286 g/mol. The molecule has 0 aromatic carbocycles. The Labute approximate surface area is 136 Å². The van der Waals surface area contributed by atoms with Gasteiger partial charge in [0.2, 0.25) is 0 Å². The summed E-state index contributed by atoms with van der Waals surface area (Å²) in [5.41, 5.74) is 0. The van der Waals surface area contributed by atoms with Gasteiger partial charge in [-0.1, -0.05) is 13.8 Å². The average molecular weight is 322 g/mol. The van der Waals surface area contributed by atoms with Gasteiger partial charge in [0.15, 0.2) is 0 Å². The molecule has 0 heterocycles. The van der Waals surface area contributed by atoms with Gasteiger partial charge in [0.1, 0.15) is 0 Å². The summed E-state index contributed by atoms with van der Waals surface area (Å²) >= 11 is 0. The van der Waals surface area contributed by atoms with Gasteiger partial charge in [0.05, 0.1) is 0 Å². The van der Waals surface area contributed by atoms with Gasteiger partial charge in [-0.2, -0.15) is 12.8 Å². The summed E-state index contributed by atoms with van der Waals surface area (Å²) in [4.78, 5) is 4.76. The first kappa shape index (κ1) is 24.6. The first-order chi connectivity index (χ1) is 8.53. The molecule has 0 saturated carbocycles. The molecule has 2 nitrogen and oxygen atoms in total. The maximum Gasteiger partial charge on any atom is 2.00 e. The predicted octanol–water partition coefficient (Wildman–Crippen LogP) is 3.88. The zero-order valence-corrected chi connectivity index (χ0v) is 17.2. The molecule has 0 spiro atoms. The van der Waals surface area contributed by atoms with E-state index >= 15 is 0 Å². The molecule has 0 rings (SSSR count). The van der Waals surface area contributed by atoms with E-state index in [-0.39, 0.29) is 19.5 Å². The Morgan fingerprint density at radius 3 is 1.63 bits per heavy atom. The third-order valence-corrected chi connectivity index (χ3v) is 2.83. The van der Waals surface area contributed by atoms with Crippen LogP contribution in [-0.4, -0.2) is 49.1 Å². The molecule has 0 amide bonds. The average Bonchev–Trinajstić information content (AvgIpc) is 2.30. The summed E-state index contributed by atoms with van der Waals surface area (Å²) in [5, 5.41) is 0. The number of hydrogen-bond acceptors (Lipinski definition) is 2. The Hall–Kier alpha value is 0.543. The molecule has 0 bridgehead atoms. The van der Waals surface area contributed by atoms with Crippen LogP contribution < -0.4 is 0 Å². The molecule has 0 aliphatic carbocycles. The number of rotatable bonds is 9. The minimum Gasteiger partial charge on any atom is -0.342 e. The quantitative estimate of drug-likeness (QED) is 0.470. The molecule has 0 unspecified atom stereocenters. The van der Waals surface area contributed by atoms with Gasteiger partial charge in [-0.05, 0) is 59.9 Å². The summed E-state index contributed by atoms with van der Waals surface area (Å²) in [5.74, 6) is 0. The molecule has 0 fully saturated rings. The molecule has 112 valence electrons. The van der Waals surface area contributed by atoms with Crippen LogP contribution in [0.5, 0.6) is 0 Å². The molecule has 0 aliphatic rings. The van der Waals surface area contributed by atoms with Gasteiger partial charge in [0, 0.05) is 6.04 Å². The van der Waals surface area contributed by atoms with E-state index < -0.39 is 0 Å². The van der Waals surface area contributed by atoms with E-state index in [0.29, 0.717) is 6.04 Å². The molecule has 0 atom stereocenters. The zero-order valence-electron chi connectivity index (χ0n) is 14.2. The van der Waals surface area contributed by atoms with Gasteiger partial charge >= 0.3 is 19.5 Å². The van der Waals surface area contributed by atoms with Crippen LogP contribution in [0.2, 0.25) is 0 Å². The second-order valence-electron chi connectivity index (χ2n) is 5.14. The number of nitrogens with zero attached hydrogens (tertiary/aromatic N) is 2. The largest absolute Gasteiger partial charge is 2.00 e. The van der Waals surface area contributed by atoms with Crippen molar-refractivity contribution in [3.05, 3.63) is 13.8 Å². The summed E-state index contributed by atoms with van der Waals surface area (Å²) < 4.78 is 0. The van der Waals surface area contributed by atoms with Crippen molar-refractivity contribution in [1.82, 2.24) is 9.80 Å². The van der Waals surface area contributed by atoms with Gasteiger partial charge in [0.25, 0.3) is 0 Å². The van der Waals surface area contributed by atoms with Crippen molar-refractivity contribution in [3.63, 3.8) is 0 Å². The summed E-state index contributed by atoms with van der Waals surface area (Å²) in [6.45, 7) is 21.2. The molecule has 0 saturated heterocycles. The van der Waals surface area contributed by atoms with E-state index in [1.807, 2.05) is 0 Å². The second kappa shape index (κ2) is 18.5. The second-order valence-corrected chi connectivity index (χ2v) is 5.14. The molecule has 3 heteroatoms. The standard InChI is InChI=1S/C9H20N.C7H16N.Zn/c1-5-7-10(8-6-2)9(3)4;1-4-6-8(3)7-5-2;/h9H,1,5-8H2,2-4H3;1,4-7H2,2-3H3;/q2*-1;+2. The summed E-state index contributed by atoms with van der Waals surface area (Å²) in [6, 6.07) is 0.682. The molecule has 19 heavy (non-hydrogen) atoms. The summed E-state index contributed by atoms with van der Waals surface area (Å²) in [7, 11) is 2.13. The fraction of sp³-hybridized carbons (Fsp3) is 0.875. The Bertz CT molecular complexity index is 140. The van der Waals surface area contributed by atoms with E-state index in [2.05, 4.69) is 58.4 Å². The van der Waals surface area contributed by atoms with E-state index in [9.17, 15) is 0 Å². The first-order valence-electron chi connectivity index (χ1n) is 7.54. The van der Waals surface area contributed by atoms with Crippen LogP contribution in [-0.2, 0) is 19.5 Å². The van der Waals surface area contributed by atoms with Crippen LogP contribution in [0.4, 0.5) is 0 Å². The molecular formula is C16H36N2Zn. The molecule has 0 aromatic rings. The van der Waals surface area contributed by atoms with Crippen molar-refractivity contribution in [3.8, 4) is 0 Å². The van der Waals surface area contributed by atoms with Gasteiger partial charge in [-0.25, -0.2) is 0 Å². The fourth-order valence-corrected chi connectivity index (χ4v) is 1.88. The van der Waals surface area contributed by atoms with Crippen LogP contribution in [0, 0.1) is 13.8 Å². The molecule has 0 N–H and O–H groups in total. The van der Waals surface area contributed by atoms with Crippen molar-refractivity contribution in [2.45, 2.75) is 59.4 Å². The van der Waals surface area contributed by atoms with Crippen LogP contribution in [0.15, 0.2) is 0 Å². The molecule has 0 aliphatic heterocycles. The first-order valence-corrected chi connectivity index (χ1v) is 7.54. The number of hydrogen-bond donors (Lipinski definition) is 0. The van der Waals surface area contributed by atoms with Crippen LogP contribution in [0.1, 0.15) is 53.4 Å². The van der Waals surface area contributed by atoms with E-state index in [4.69, 9.17) is 0 Å². The minimum atomic E-state index is 0. The topological polar surface area (TPSA) is 6.48 Å². The minimum absolute atomic E-state index is 0. The van der Waals surface area contributed by atoms with E-state index in [1.54, 1.807) is 0 Å². The van der Waals surface area contributed by atoms with Crippen molar-refractivity contribution >= 4 is 0 Å². The van der Waals surface area contributed by atoms with E-state index in [0.717, 1.165) is 25.9 Å². The smallest absolute Gasteiger partial charge is 0.342 e. The fourth-order valence-electron chi connectivity index (χ4n) is 1.88. The normalized spacial score (nSPS) is 10.4. The Kier molecular flexibility index (Phi) is 24.0. The Morgan fingerprint density at radius 2 is 1.32 bits per heavy atom. The van der Waals surface area contributed by atoms with Gasteiger partial charge in [-0.3, -0.25) is 0 Å². The monoisotopic (exact) mass is 320 g/mol. The van der Waals surface area contributed by atoms with Gasteiger partial charge < -0.3 is 23.6 Å². The third-order valence-electron chi connectivity index (χ3n) is 2.83. The SMILES string of the molecule is [CH2-]CCN(C)CCC.[CH2-]CCN(CCC)C(C)C.[Zn+2]. The van der Waals surface area contributed by atoms with Crippen molar-refractivity contribution in [2.75, 3.05) is 33.2 Å². The molecule has 0 aromatic heterocycles. The third kappa shape index (κ3) is 18.5. The Morgan fingerprint density at radius 1 is 0.842 bits per heavy atom. The van der Waals surface area contributed by atoms with Crippen molar-refractivity contribution < 1.29 is 19.5 Å². The van der Waals surface area contributed by atoms with Gasteiger partial charge in [-0.15, -0.1) is 0 Å². The maximum absolute atomic E-state index is 3.85. The maximum atomic E-state index is 3.85. The zero-order chi connectivity index (χ0) is 14.4. The van der Waals surface area contributed by atoms with Crippen LogP contribution >= 0.6 is 0 Å². The van der Waals surface area contributed by atoms with Crippen molar-refractivity contribution in [2.24, 2.45) is 0 Å². The summed E-state index contributed by atoms with van der Waals surface area (Å²) in [6.07, 6.45) is 4.54. The van der Waals surface area contributed by atoms with Crippen LogP contribution in [0.25, 0.3) is 0 Å². The predicted molar refractivity (Wildman–Crippen MR) is 84.7 cm³/mol. The molecule has 0 radical (unpaired) electrons. The van der Waals surface area contributed by atoms with E-state index in [1.165, 1.54) is 25.9 Å². The van der Waals surface area contributed by atoms with Crippen LogP contribution in [0.3, 0.4) is 0 Å². The van der Waals surface area contributed by atoms with Crippen molar-refractivity contribution in [1.29, 1.82) is 0 Å². The Balaban J connectivity index is -0.000000262.